The van der Waals surface area contributed by atoms with Crippen molar-refractivity contribution in [3.8, 4) is 0 Å². The molecule has 0 fully saturated rings. The fourth-order valence-electron chi connectivity index (χ4n) is 1.53. The van der Waals surface area contributed by atoms with Gasteiger partial charge in [-0.3, -0.25) is 0 Å². The molecule has 17 heavy (non-hydrogen) atoms. The molecule has 2 rings (SSSR count). The molecule has 1 N–H and O–H groups in total. The van der Waals surface area contributed by atoms with Crippen LogP contribution in [0.3, 0.4) is 0 Å². The van der Waals surface area contributed by atoms with Crippen LogP contribution in [0.15, 0.2) is 16.1 Å². The monoisotopic (exact) mass is 252 g/mol. The zero-order valence-corrected chi connectivity index (χ0v) is 11.0. The van der Waals surface area contributed by atoms with Gasteiger partial charge in [0.05, 0.1) is 22.9 Å². The number of nitrogens with zero attached hydrogens (tertiary/aromatic N) is 3. The predicted octanol–water partition coefficient (Wildman–Crippen LogP) is 1.80. The summed E-state index contributed by atoms with van der Waals surface area (Å²) in [6, 6.07) is 0.626. The van der Waals surface area contributed by atoms with Crippen LogP contribution in [0.2, 0.25) is 0 Å². The molecule has 0 aromatic carbocycles. The van der Waals surface area contributed by atoms with Gasteiger partial charge in [-0.2, -0.15) is 4.98 Å². The molecular formula is C11H16N4OS. The second-order valence-corrected chi connectivity index (χ2v) is 4.93. The Bertz CT molecular complexity index is 479. The summed E-state index contributed by atoms with van der Waals surface area (Å²) >= 11 is 1.66. The third kappa shape index (κ3) is 3.04. The molecule has 5 nitrogen and oxygen atoms in total. The lowest BCUT2D eigenvalue weighted by Gasteiger charge is -2.12. The molecule has 2 aromatic heterocycles. The molecule has 0 atom stereocenters. The Balaban J connectivity index is 2.01. The summed E-state index contributed by atoms with van der Waals surface area (Å²) < 4.78 is 5.41. The van der Waals surface area contributed by atoms with Crippen molar-refractivity contribution in [2.24, 2.45) is 0 Å². The lowest BCUT2D eigenvalue weighted by molar-refractivity contribution is 0.542. The molecule has 92 valence electrons. The average Bonchev–Trinajstić information content (AvgIpc) is 2.88. The first-order valence-corrected chi connectivity index (χ1v) is 6.28. The van der Waals surface area contributed by atoms with E-state index in [4.69, 9.17) is 4.42 Å². The molecule has 0 aliphatic rings. The molecule has 0 amide bonds. The molecule has 0 spiro atoms. The lowest BCUT2D eigenvalue weighted by Crippen LogP contribution is -2.17. The molecule has 2 aromatic rings. The van der Waals surface area contributed by atoms with Crippen LogP contribution < -0.4 is 10.2 Å². The number of aromatic nitrogens is 2. The Kier molecular flexibility index (Phi) is 3.75. The van der Waals surface area contributed by atoms with Gasteiger partial charge in [0.25, 0.3) is 6.01 Å². The average molecular weight is 252 g/mol. The van der Waals surface area contributed by atoms with Gasteiger partial charge in [0.15, 0.2) is 0 Å². The number of hydrogen-bond donors (Lipinski definition) is 1. The summed E-state index contributed by atoms with van der Waals surface area (Å²) in [5.74, 6) is 0. The smallest absolute Gasteiger partial charge is 0.297 e. The minimum absolute atomic E-state index is 0.626. The van der Waals surface area contributed by atoms with Crippen molar-refractivity contribution in [3.63, 3.8) is 0 Å². The van der Waals surface area contributed by atoms with E-state index in [-0.39, 0.29) is 0 Å². The van der Waals surface area contributed by atoms with Gasteiger partial charge in [0.1, 0.15) is 6.26 Å². The Hall–Kier alpha value is -1.40. The molecule has 0 aliphatic heterocycles. The Morgan fingerprint density at radius 3 is 2.88 bits per heavy atom. The maximum absolute atomic E-state index is 5.41. The largest absolute Gasteiger partial charge is 0.432 e. The van der Waals surface area contributed by atoms with E-state index in [2.05, 4.69) is 20.7 Å². The van der Waals surface area contributed by atoms with E-state index in [0.717, 1.165) is 16.4 Å². The topological polar surface area (TPSA) is 54.2 Å². The summed E-state index contributed by atoms with van der Waals surface area (Å²) in [5.41, 5.74) is 1.95. The van der Waals surface area contributed by atoms with Crippen molar-refractivity contribution in [1.82, 2.24) is 15.3 Å². The van der Waals surface area contributed by atoms with E-state index in [1.54, 1.807) is 17.6 Å². The van der Waals surface area contributed by atoms with Gasteiger partial charge in [-0.15, -0.1) is 11.3 Å². The van der Waals surface area contributed by atoms with Gasteiger partial charge in [-0.25, -0.2) is 4.98 Å². The van der Waals surface area contributed by atoms with Crippen molar-refractivity contribution in [2.45, 2.75) is 20.0 Å². The molecule has 6 heteroatoms. The first kappa shape index (κ1) is 12.1. The molecule has 2 heterocycles. The Morgan fingerprint density at radius 2 is 2.24 bits per heavy atom. The van der Waals surface area contributed by atoms with Gasteiger partial charge in [-0.1, -0.05) is 0 Å². The first-order valence-electron chi connectivity index (χ1n) is 5.40. The first-order chi connectivity index (χ1) is 8.19. The van der Waals surface area contributed by atoms with Crippen LogP contribution >= 0.6 is 11.3 Å². The highest BCUT2D eigenvalue weighted by Crippen LogP contribution is 2.16. The van der Waals surface area contributed by atoms with Crippen LogP contribution in [0.4, 0.5) is 6.01 Å². The second kappa shape index (κ2) is 5.29. The lowest BCUT2D eigenvalue weighted by atomic mass is 10.4. The fraction of sp³-hybridized carbons (Fsp3) is 0.455. The van der Waals surface area contributed by atoms with Crippen LogP contribution in [0, 0.1) is 6.92 Å². The van der Waals surface area contributed by atoms with Gasteiger partial charge in [0.2, 0.25) is 0 Å². The second-order valence-electron chi connectivity index (χ2n) is 3.87. The Morgan fingerprint density at radius 1 is 1.41 bits per heavy atom. The SMILES string of the molecule is CNCc1coc(N(C)Cc2csc(C)n2)n1. The van der Waals surface area contributed by atoms with E-state index in [1.807, 2.05) is 25.9 Å². The molecule has 0 radical (unpaired) electrons. The number of rotatable bonds is 5. The van der Waals surface area contributed by atoms with Crippen molar-refractivity contribution in [3.05, 3.63) is 28.0 Å². The van der Waals surface area contributed by atoms with E-state index in [9.17, 15) is 0 Å². The van der Waals surface area contributed by atoms with Gasteiger partial charge in [-0.05, 0) is 14.0 Å². The number of anilines is 1. The molecule has 0 unspecified atom stereocenters. The number of oxazole rings is 1. The van der Waals surface area contributed by atoms with Crippen LogP contribution in [0.1, 0.15) is 16.4 Å². The van der Waals surface area contributed by atoms with Gasteiger partial charge >= 0.3 is 0 Å². The van der Waals surface area contributed by atoms with Crippen molar-refractivity contribution in [2.75, 3.05) is 19.0 Å². The summed E-state index contributed by atoms with van der Waals surface area (Å²) in [7, 11) is 3.83. The van der Waals surface area contributed by atoms with Crippen molar-refractivity contribution in [1.29, 1.82) is 0 Å². The molecule has 0 bridgehead atoms. The summed E-state index contributed by atoms with van der Waals surface area (Å²) in [5, 5.41) is 6.18. The van der Waals surface area contributed by atoms with E-state index < -0.39 is 0 Å². The Labute approximate surface area is 104 Å². The third-order valence-electron chi connectivity index (χ3n) is 2.29. The van der Waals surface area contributed by atoms with Crippen molar-refractivity contribution < 1.29 is 4.42 Å². The van der Waals surface area contributed by atoms with E-state index in [1.165, 1.54) is 0 Å². The standard InChI is InChI=1S/C11H16N4OS/c1-8-13-10(7-17-8)5-15(3)11-14-9(4-12-2)6-16-11/h6-7,12H,4-5H2,1-3H3. The maximum Gasteiger partial charge on any atom is 0.297 e. The quantitative estimate of drug-likeness (QED) is 0.879. The van der Waals surface area contributed by atoms with Gasteiger partial charge in [0, 0.05) is 19.0 Å². The highest BCUT2D eigenvalue weighted by molar-refractivity contribution is 7.09. The van der Waals surface area contributed by atoms with E-state index in [0.29, 0.717) is 19.1 Å². The highest BCUT2D eigenvalue weighted by atomic mass is 32.1. The van der Waals surface area contributed by atoms with Crippen LogP contribution in [0.5, 0.6) is 0 Å². The number of nitrogens with one attached hydrogen (secondary N) is 1. The predicted molar refractivity (Wildman–Crippen MR) is 68.2 cm³/mol. The van der Waals surface area contributed by atoms with Crippen LogP contribution in [0.25, 0.3) is 0 Å². The minimum Gasteiger partial charge on any atom is -0.432 e. The number of hydrogen-bond acceptors (Lipinski definition) is 6. The summed E-state index contributed by atoms with van der Waals surface area (Å²) in [4.78, 5) is 10.7. The fourth-order valence-corrected chi connectivity index (χ4v) is 2.13. The molecule has 0 saturated carbocycles. The zero-order valence-electron chi connectivity index (χ0n) is 10.2. The zero-order chi connectivity index (χ0) is 12.3. The van der Waals surface area contributed by atoms with E-state index >= 15 is 0 Å². The van der Waals surface area contributed by atoms with Crippen molar-refractivity contribution >= 4 is 17.4 Å². The van der Waals surface area contributed by atoms with Gasteiger partial charge < -0.3 is 14.6 Å². The van der Waals surface area contributed by atoms with Crippen LogP contribution in [-0.4, -0.2) is 24.1 Å². The maximum atomic E-state index is 5.41. The molecule has 0 aliphatic carbocycles. The molecular weight excluding hydrogens is 236 g/mol. The summed E-state index contributed by atoms with van der Waals surface area (Å²) in [6.07, 6.45) is 1.68. The normalized spacial score (nSPS) is 10.8. The third-order valence-corrected chi connectivity index (χ3v) is 3.11. The highest BCUT2D eigenvalue weighted by Gasteiger charge is 2.10. The number of thiazole rings is 1. The minimum atomic E-state index is 0.626. The summed E-state index contributed by atoms with van der Waals surface area (Å²) in [6.45, 7) is 3.43. The molecule has 0 saturated heterocycles. The number of aryl methyl sites for hydroxylation is 1. The van der Waals surface area contributed by atoms with Crippen LogP contribution in [-0.2, 0) is 13.1 Å².